The van der Waals surface area contributed by atoms with Crippen molar-refractivity contribution in [2.45, 2.75) is 40.0 Å². The maximum atomic E-state index is 10.8. The van der Waals surface area contributed by atoms with Crippen LogP contribution in [0.5, 0.6) is 0 Å². The van der Waals surface area contributed by atoms with Crippen LogP contribution < -0.4 is 0 Å². The Hall–Kier alpha value is -1.05. The largest absolute Gasteiger partial charge is 0.481 e. The molecule has 0 unspecified atom stereocenters. The second-order valence-corrected chi connectivity index (χ2v) is 4.71. The van der Waals surface area contributed by atoms with Crippen molar-refractivity contribution in [1.29, 1.82) is 0 Å². The minimum absolute atomic E-state index is 0.332. The van der Waals surface area contributed by atoms with Gasteiger partial charge in [-0.1, -0.05) is 37.1 Å². The van der Waals surface area contributed by atoms with Crippen molar-refractivity contribution < 1.29 is 9.90 Å². The maximum Gasteiger partial charge on any atom is 0.310 e. The van der Waals surface area contributed by atoms with Crippen LogP contribution >= 0.6 is 0 Å². The fourth-order valence-corrected chi connectivity index (χ4v) is 1.89. The Labute approximate surface area is 91.7 Å². The Bertz CT molecular complexity index is 298. The summed E-state index contributed by atoms with van der Waals surface area (Å²) in [6, 6.07) is 0. The van der Waals surface area contributed by atoms with Crippen LogP contribution in [0.15, 0.2) is 23.3 Å². The van der Waals surface area contributed by atoms with Crippen molar-refractivity contribution in [3.05, 3.63) is 23.3 Å². The van der Waals surface area contributed by atoms with Crippen LogP contribution in [0.25, 0.3) is 0 Å². The van der Waals surface area contributed by atoms with Gasteiger partial charge in [-0.2, -0.15) is 0 Å². The Kier molecular flexibility index (Phi) is 4.13. The minimum atomic E-state index is -0.720. The first-order valence-corrected chi connectivity index (χ1v) is 5.60. The smallest absolute Gasteiger partial charge is 0.310 e. The van der Waals surface area contributed by atoms with Gasteiger partial charge in [-0.15, -0.1) is 0 Å². The highest BCUT2D eigenvalue weighted by Crippen LogP contribution is 2.26. The van der Waals surface area contributed by atoms with Gasteiger partial charge in [0.2, 0.25) is 0 Å². The molecular weight excluding hydrogens is 188 g/mol. The molecule has 0 aromatic carbocycles. The normalized spacial score (nSPS) is 18.4. The number of hydrogen-bond acceptors (Lipinski definition) is 1. The molecule has 0 amide bonds. The average molecular weight is 208 g/mol. The predicted molar refractivity (Wildman–Crippen MR) is 61.7 cm³/mol. The summed E-state index contributed by atoms with van der Waals surface area (Å²) >= 11 is 0. The first-order valence-electron chi connectivity index (χ1n) is 5.60. The van der Waals surface area contributed by atoms with Crippen molar-refractivity contribution in [3.63, 3.8) is 0 Å². The van der Waals surface area contributed by atoms with E-state index in [0.29, 0.717) is 5.92 Å². The van der Waals surface area contributed by atoms with E-state index < -0.39 is 5.97 Å². The Morgan fingerprint density at radius 1 is 1.33 bits per heavy atom. The van der Waals surface area contributed by atoms with E-state index in [4.69, 9.17) is 5.11 Å². The number of hydrogen-bond donors (Lipinski definition) is 1. The number of rotatable bonds is 4. The summed E-state index contributed by atoms with van der Waals surface area (Å²) in [6.07, 6.45) is 7.18. The quantitative estimate of drug-likeness (QED) is 0.719. The van der Waals surface area contributed by atoms with E-state index in [9.17, 15) is 4.79 Å². The minimum Gasteiger partial charge on any atom is -0.481 e. The molecule has 0 saturated heterocycles. The summed E-state index contributed by atoms with van der Waals surface area (Å²) in [4.78, 5) is 10.8. The lowest BCUT2D eigenvalue weighted by molar-refractivity contribution is -0.139. The highest BCUT2D eigenvalue weighted by Gasteiger charge is 2.17. The molecule has 0 aromatic heterocycles. The number of carboxylic acids is 1. The molecule has 0 aliphatic heterocycles. The Balaban J connectivity index is 2.52. The summed E-state index contributed by atoms with van der Waals surface area (Å²) in [5.74, 6) is -0.369. The van der Waals surface area contributed by atoms with Crippen LogP contribution in [0.2, 0.25) is 0 Å². The molecule has 84 valence electrons. The van der Waals surface area contributed by atoms with Crippen LogP contribution in [-0.4, -0.2) is 11.1 Å². The number of carbonyl (C=O) groups is 1. The zero-order valence-electron chi connectivity index (χ0n) is 9.79. The molecule has 2 nitrogen and oxygen atoms in total. The van der Waals surface area contributed by atoms with E-state index in [1.165, 1.54) is 5.57 Å². The van der Waals surface area contributed by atoms with E-state index >= 15 is 0 Å². The summed E-state index contributed by atoms with van der Waals surface area (Å²) in [6.45, 7) is 6.18. The van der Waals surface area contributed by atoms with Gasteiger partial charge in [0.15, 0.2) is 0 Å². The summed E-state index contributed by atoms with van der Waals surface area (Å²) in [5.41, 5.74) is 2.50. The number of aliphatic carboxylic acids is 1. The van der Waals surface area contributed by atoms with Gasteiger partial charge in [-0.3, -0.25) is 4.79 Å². The summed E-state index contributed by atoms with van der Waals surface area (Å²) < 4.78 is 0. The third-order valence-electron chi connectivity index (χ3n) is 2.85. The molecule has 1 aliphatic carbocycles. The van der Waals surface area contributed by atoms with E-state index in [0.717, 1.165) is 24.8 Å². The van der Waals surface area contributed by atoms with Crippen LogP contribution in [0.4, 0.5) is 0 Å². The second-order valence-electron chi connectivity index (χ2n) is 4.71. The fraction of sp³-hybridized carbons (Fsp3) is 0.615. The highest BCUT2D eigenvalue weighted by atomic mass is 16.4. The number of carboxylic acid groups (broad SMARTS) is 1. The molecule has 0 fully saturated rings. The van der Waals surface area contributed by atoms with Gasteiger partial charge in [0.25, 0.3) is 0 Å². The van der Waals surface area contributed by atoms with E-state index in [-0.39, 0.29) is 5.92 Å². The zero-order chi connectivity index (χ0) is 11.4. The predicted octanol–water partition coefficient (Wildman–Crippen LogP) is 3.40. The molecule has 0 heterocycles. The summed E-state index contributed by atoms with van der Waals surface area (Å²) in [5, 5.41) is 8.88. The third kappa shape index (κ3) is 3.54. The van der Waals surface area contributed by atoms with Gasteiger partial charge in [-0.05, 0) is 32.1 Å². The standard InChI is InChI=1S/C13H20O2/c1-9(2)8-11-4-6-12(7-5-11)10(3)13(14)15/h4,7,9-10H,5-6,8H2,1-3H3,(H,14,15)/t10-/m0/s1. The van der Waals surface area contributed by atoms with Gasteiger partial charge in [0.05, 0.1) is 5.92 Å². The summed E-state index contributed by atoms with van der Waals surface area (Å²) in [7, 11) is 0. The third-order valence-corrected chi connectivity index (χ3v) is 2.85. The fourth-order valence-electron chi connectivity index (χ4n) is 1.89. The maximum absolute atomic E-state index is 10.8. The van der Waals surface area contributed by atoms with Crippen LogP contribution in [0.3, 0.4) is 0 Å². The SMILES string of the molecule is CC(C)CC1=CCC([C@H](C)C(=O)O)=CC1. The van der Waals surface area contributed by atoms with Crippen LogP contribution in [-0.2, 0) is 4.79 Å². The van der Waals surface area contributed by atoms with Crippen molar-refractivity contribution in [2.24, 2.45) is 11.8 Å². The highest BCUT2D eigenvalue weighted by molar-refractivity contribution is 5.73. The second kappa shape index (κ2) is 5.15. The van der Waals surface area contributed by atoms with Crippen LogP contribution in [0.1, 0.15) is 40.0 Å². The lowest BCUT2D eigenvalue weighted by Crippen LogP contribution is -2.13. The zero-order valence-corrected chi connectivity index (χ0v) is 9.79. The first kappa shape index (κ1) is 12.0. The Morgan fingerprint density at radius 3 is 2.40 bits per heavy atom. The molecule has 0 radical (unpaired) electrons. The van der Waals surface area contributed by atoms with Crippen molar-refractivity contribution in [3.8, 4) is 0 Å². The van der Waals surface area contributed by atoms with Crippen molar-refractivity contribution in [1.82, 2.24) is 0 Å². The monoisotopic (exact) mass is 208 g/mol. The molecule has 0 bridgehead atoms. The van der Waals surface area contributed by atoms with Gasteiger partial charge in [0.1, 0.15) is 0 Å². The molecule has 0 saturated carbocycles. The number of allylic oxidation sites excluding steroid dienone is 3. The molecule has 1 atom stereocenters. The van der Waals surface area contributed by atoms with Crippen molar-refractivity contribution >= 4 is 5.97 Å². The van der Waals surface area contributed by atoms with E-state index in [1.54, 1.807) is 6.92 Å². The van der Waals surface area contributed by atoms with Crippen molar-refractivity contribution in [2.75, 3.05) is 0 Å². The molecule has 15 heavy (non-hydrogen) atoms. The molecule has 1 aliphatic rings. The van der Waals surface area contributed by atoms with Gasteiger partial charge < -0.3 is 5.11 Å². The molecular formula is C13H20O2. The van der Waals surface area contributed by atoms with Crippen LogP contribution in [0, 0.1) is 11.8 Å². The lowest BCUT2D eigenvalue weighted by Gasteiger charge is -2.17. The first-order chi connectivity index (χ1) is 7.00. The molecule has 1 rings (SSSR count). The molecule has 0 aromatic rings. The Morgan fingerprint density at radius 2 is 2.00 bits per heavy atom. The van der Waals surface area contributed by atoms with E-state index in [2.05, 4.69) is 26.0 Å². The van der Waals surface area contributed by atoms with E-state index in [1.807, 2.05) is 0 Å². The van der Waals surface area contributed by atoms with Gasteiger partial charge in [0, 0.05) is 0 Å². The topological polar surface area (TPSA) is 37.3 Å². The molecule has 2 heteroatoms. The molecule has 0 spiro atoms. The van der Waals surface area contributed by atoms with Gasteiger partial charge >= 0.3 is 5.97 Å². The average Bonchev–Trinajstić information content (AvgIpc) is 2.17. The lowest BCUT2D eigenvalue weighted by atomic mass is 9.88. The van der Waals surface area contributed by atoms with Gasteiger partial charge in [-0.25, -0.2) is 0 Å². The molecule has 1 N–H and O–H groups in total.